The second kappa shape index (κ2) is 3.54. The minimum atomic E-state index is -0.352. The van der Waals surface area contributed by atoms with E-state index in [9.17, 15) is 4.79 Å². The van der Waals surface area contributed by atoms with Crippen LogP contribution in [0.25, 0.3) is 0 Å². The Morgan fingerprint density at radius 1 is 1.64 bits per heavy atom. The van der Waals surface area contributed by atoms with E-state index in [2.05, 4.69) is 20.4 Å². The maximum atomic E-state index is 11.4. The van der Waals surface area contributed by atoms with E-state index in [0.29, 0.717) is 11.5 Å². The number of rotatable bonds is 2. The fraction of sp³-hybridized carbons (Fsp3) is 0.143. The first-order chi connectivity index (χ1) is 6.75. The predicted molar refractivity (Wildman–Crippen MR) is 49.1 cm³/mol. The van der Waals surface area contributed by atoms with E-state index in [1.807, 2.05) is 0 Å². The average molecular weight is 210 g/mol. The van der Waals surface area contributed by atoms with E-state index in [1.165, 1.54) is 11.3 Å². The summed E-state index contributed by atoms with van der Waals surface area (Å²) in [6.45, 7) is 1.67. The van der Waals surface area contributed by atoms with Gasteiger partial charge < -0.3 is 4.52 Å². The van der Waals surface area contributed by atoms with Gasteiger partial charge in [-0.1, -0.05) is 5.16 Å². The lowest BCUT2D eigenvalue weighted by molar-refractivity contribution is 0.101. The fourth-order valence-electron chi connectivity index (χ4n) is 0.834. The summed E-state index contributed by atoms with van der Waals surface area (Å²) in [7, 11) is 0. The summed E-state index contributed by atoms with van der Waals surface area (Å²) >= 11 is 1.35. The van der Waals surface area contributed by atoms with Gasteiger partial charge in [0.15, 0.2) is 5.82 Å². The Morgan fingerprint density at radius 2 is 2.50 bits per heavy atom. The van der Waals surface area contributed by atoms with E-state index >= 15 is 0 Å². The maximum Gasteiger partial charge on any atom is 0.328 e. The van der Waals surface area contributed by atoms with Crippen LogP contribution < -0.4 is 5.32 Å². The summed E-state index contributed by atoms with van der Waals surface area (Å²) in [4.78, 5) is 19.1. The van der Waals surface area contributed by atoms with Gasteiger partial charge in [-0.3, -0.25) is 10.1 Å². The van der Waals surface area contributed by atoms with Crippen LogP contribution in [0.5, 0.6) is 0 Å². The van der Waals surface area contributed by atoms with Gasteiger partial charge in [0.25, 0.3) is 5.91 Å². The predicted octanol–water partition coefficient (Wildman–Crippen LogP) is 1.09. The zero-order valence-electron chi connectivity index (χ0n) is 7.22. The van der Waals surface area contributed by atoms with Crippen molar-refractivity contribution in [2.24, 2.45) is 0 Å². The summed E-state index contributed by atoms with van der Waals surface area (Å²) in [5, 5.41) is 7.60. The van der Waals surface area contributed by atoms with Crippen molar-refractivity contribution in [1.82, 2.24) is 15.1 Å². The molecule has 2 heterocycles. The lowest BCUT2D eigenvalue weighted by atomic mass is 10.5. The number of carbonyl (C=O) groups is 1. The zero-order valence-corrected chi connectivity index (χ0v) is 8.04. The first-order valence-corrected chi connectivity index (χ1v) is 4.70. The molecule has 6 nitrogen and oxygen atoms in total. The Kier molecular flexibility index (Phi) is 2.23. The summed E-state index contributed by atoms with van der Waals surface area (Å²) in [6, 6.07) is 0.0838. The number of aryl methyl sites for hydroxylation is 1. The second-order valence-electron chi connectivity index (χ2n) is 2.47. The number of hydrogen-bond donors (Lipinski definition) is 1. The molecule has 0 spiro atoms. The molecular weight excluding hydrogens is 204 g/mol. The number of carbonyl (C=O) groups excluding carboxylic acids is 1. The standard InChI is InChI=1S/C7H6N4O2S/c1-4-9-7(13-11-4)10-6(12)5-2-14-3-8-5/h2-3H,1H3,(H,9,10,11,12). The summed E-state index contributed by atoms with van der Waals surface area (Å²) in [5.74, 6) is 0.119. The van der Waals surface area contributed by atoms with Gasteiger partial charge in [0.1, 0.15) is 5.69 Å². The van der Waals surface area contributed by atoms with E-state index in [0.717, 1.165) is 0 Å². The Morgan fingerprint density at radius 3 is 3.07 bits per heavy atom. The Hall–Kier alpha value is -1.76. The molecule has 1 N–H and O–H groups in total. The third kappa shape index (κ3) is 1.77. The molecule has 14 heavy (non-hydrogen) atoms. The molecule has 0 aliphatic carbocycles. The normalized spacial score (nSPS) is 10.1. The molecule has 2 rings (SSSR count). The van der Waals surface area contributed by atoms with Crippen molar-refractivity contribution < 1.29 is 9.32 Å². The van der Waals surface area contributed by atoms with Crippen LogP contribution in [0, 0.1) is 6.92 Å². The van der Waals surface area contributed by atoms with Crippen LogP contribution in [0.15, 0.2) is 15.4 Å². The number of thiazole rings is 1. The highest BCUT2D eigenvalue weighted by atomic mass is 32.1. The topological polar surface area (TPSA) is 80.9 Å². The van der Waals surface area contributed by atoms with Crippen LogP contribution in [0.4, 0.5) is 6.01 Å². The fourth-order valence-corrected chi connectivity index (χ4v) is 1.37. The molecule has 0 fully saturated rings. The Balaban J connectivity index is 2.09. The SMILES string of the molecule is Cc1noc(NC(=O)c2cscn2)n1. The number of hydrogen-bond acceptors (Lipinski definition) is 6. The van der Waals surface area contributed by atoms with Crippen molar-refractivity contribution in [2.75, 3.05) is 5.32 Å². The molecule has 0 aromatic carbocycles. The maximum absolute atomic E-state index is 11.4. The highest BCUT2D eigenvalue weighted by Crippen LogP contribution is 2.06. The van der Waals surface area contributed by atoms with E-state index < -0.39 is 0 Å². The number of aromatic nitrogens is 3. The third-order valence-electron chi connectivity index (χ3n) is 1.41. The van der Waals surface area contributed by atoms with Gasteiger partial charge in [0, 0.05) is 5.38 Å². The van der Waals surface area contributed by atoms with Gasteiger partial charge in [0.05, 0.1) is 5.51 Å². The Labute approximate surface area is 83.0 Å². The van der Waals surface area contributed by atoms with Gasteiger partial charge in [-0.25, -0.2) is 4.98 Å². The molecule has 0 bridgehead atoms. The van der Waals surface area contributed by atoms with E-state index in [-0.39, 0.29) is 11.9 Å². The van der Waals surface area contributed by atoms with Crippen LogP contribution in [-0.2, 0) is 0 Å². The second-order valence-corrected chi connectivity index (χ2v) is 3.19. The number of amides is 1. The summed E-state index contributed by atoms with van der Waals surface area (Å²) in [5.41, 5.74) is 1.92. The van der Waals surface area contributed by atoms with Gasteiger partial charge >= 0.3 is 6.01 Å². The third-order valence-corrected chi connectivity index (χ3v) is 2.00. The van der Waals surface area contributed by atoms with Crippen molar-refractivity contribution in [2.45, 2.75) is 6.92 Å². The lowest BCUT2D eigenvalue weighted by Crippen LogP contribution is -2.12. The zero-order chi connectivity index (χ0) is 9.97. The van der Waals surface area contributed by atoms with Gasteiger partial charge in [-0.2, -0.15) is 4.98 Å². The van der Waals surface area contributed by atoms with Crippen LogP contribution in [0.2, 0.25) is 0 Å². The minimum absolute atomic E-state index is 0.0838. The molecule has 72 valence electrons. The molecule has 7 heteroatoms. The van der Waals surface area contributed by atoms with Gasteiger partial charge in [-0.05, 0) is 6.92 Å². The molecule has 1 amide bonds. The van der Waals surface area contributed by atoms with Crippen LogP contribution in [0.1, 0.15) is 16.3 Å². The molecule has 0 saturated heterocycles. The summed E-state index contributed by atoms with van der Waals surface area (Å²) in [6.07, 6.45) is 0. The van der Waals surface area contributed by atoms with E-state index in [4.69, 9.17) is 4.52 Å². The van der Waals surface area contributed by atoms with Gasteiger partial charge in [-0.15, -0.1) is 11.3 Å². The smallest absolute Gasteiger partial charge is 0.315 e. The highest BCUT2D eigenvalue weighted by molar-refractivity contribution is 7.07. The van der Waals surface area contributed by atoms with Crippen molar-refractivity contribution in [3.05, 3.63) is 22.4 Å². The van der Waals surface area contributed by atoms with E-state index in [1.54, 1.807) is 17.8 Å². The Bertz CT molecular complexity index is 436. The molecule has 2 aromatic rings. The van der Waals surface area contributed by atoms with Crippen LogP contribution in [0.3, 0.4) is 0 Å². The highest BCUT2D eigenvalue weighted by Gasteiger charge is 2.11. The van der Waals surface area contributed by atoms with Crippen molar-refractivity contribution in [1.29, 1.82) is 0 Å². The molecule has 0 radical (unpaired) electrons. The number of nitrogens with zero attached hydrogens (tertiary/aromatic N) is 3. The first kappa shape index (κ1) is 8.82. The monoisotopic (exact) mass is 210 g/mol. The minimum Gasteiger partial charge on any atom is -0.315 e. The first-order valence-electron chi connectivity index (χ1n) is 3.75. The van der Waals surface area contributed by atoms with Gasteiger partial charge in [0.2, 0.25) is 0 Å². The van der Waals surface area contributed by atoms with Crippen LogP contribution in [-0.4, -0.2) is 21.0 Å². The molecule has 2 aromatic heterocycles. The number of nitrogens with one attached hydrogen (secondary N) is 1. The molecule has 0 aliphatic rings. The molecular formula is C7H6N4O2S. The van der Waals surface area contributed by atoms with Crippen molar-refractivity contribution in [3.8, 4) is 0 Å². The summed E-state index contributed by atoms with van der Waals surface area (Å²) < 4.78 is 4.72. The largest absolute Gasteiger partial charge is 0.328 e. The number of anilines is 1. The molecule has 0 saturated carbocycles. The molecule has 0 aliphatic heterocycles. The molecule has 0 unspecified atom stereocenters. The average Bonchev–Trinajstić information content (AvgIpc) is 2.75. The quantitative estimate of drug-likeness (QED) is 0.802. The van der Waals surface area contributed by atoms with Crippen molar-refractivity contribution >= 4 is 23.3 Å². The van der Waals surface area contributed by atoms with Crippen molar-refractivity contribution in [3.63, 3.8) is 0 Å². The molecule has 0 atom stereocenters. The lowest BCUT2D eigenvalue weighted by Gasteiger charge is -1.93. The van der Waals surface area contributed by atoms with Crippen LogP contribution >= 0.6 is 11.3 Å².